The highest BCUT2D eigenvalue weighted by atomic mass is 35.5. The van der Waals surface area contributed by atoms with Crippen molar-refractivity contribution in [2.45, 2.75) is 26.2 Å². The average molecular weight is 282 g/mol. The van der Waals surface area contributed by atoms with E-state index >= 15 is 0 Å². The van der Waals surface area contributed by atoms with Gasteiger partial charge in [-0.1, -0.05) is 37.6 Å². The average Bonchev–Trinajstić information content (AvgIpc) is 2.40. The lowest BCUT2D eigenvalue weighted by Crippen LogP contribution is -2.49. The third-order valence-corrected chi connectivity index (χ3v) is 4.90. The minimum atomic E-state index is 0.216. The van der Waals surface area contributed by atoms with Crippen molar-refractivity contribution in [2.24, 2.45) is 11.3 Å². The van der Waals surface area contributed by atoms with E-state index in [9.17, 15) is 0 Å². The maximum atomic E-state index is 6.01. The van der Waals surface area contributed by atoms with E-state index in [-0.39, 0.29) is 5.41 Å². The van der Waals surface area contributed by atoms with Crippen LogP contribution in [0.4, 0.5) is 0 Å². The molecule has 19 heavy (non-hydrogen) atoms. The molecule has 0 aromatic heterocycles. The first-order valence-electron chi connectivity index (χ1n) is 7.05. The number of hydrogen-bond donors (Lipinski definition) is 1. The van der Waals surface area contributed by atoms with Crippen LogP contribution in [0.5, 0.6) is 0 Å². The first-order chi connectivity index (χ1) is 9.10. The van der Waals surface area contributed by atoms with E-state index in [4.69, 9.17) is 16.3 Å². The first-order valence-corrected chi connectivity index (χ1v) is 7.43. The van der Waals surface area contributed by atoms with Crippen LogP contribution in [0.15, 0.2) is 24.3 Å². The quantitative estimate of drug-likeness (QED) is 0.908. The van der Waals surface area contributed by atoms with Gasteiger partial charge in [0.25, 0.3) is 0 Å². The molecule has 106 valence electrons. The fraction of sp³-hybridized carbons (Fsp3) is 0.625. The van der Waals surface area contributed by atoms with Crippen molar-refractivity contribution < 1.29 is 4.74 Å². The fourth-order valence-electron chi connectivity index (χ4n) is 3.39. The van der Waals surface area contributed by atoms with Crippen LogP contribution >= 0.6 is 11.6 Å². The SMILES string of the molecule is COCC1(C(C)C)CCNCC1c1ccc(Cl)cc1. The Balaban J connectivity index is 2.35. The van der Waals surface area contributed by atoms with Crippen molar-refractivity contribution in [3.8, 4) is 0 Å². The monoisotopic (exact) mass is 281 g/mol. The zero-order valence-electron chi connectivity index (χ0n) is 12.1. The van der Waals surface area contributed by atoms with Gasteiger partial charge in [0.1, 0.15) is 0 Å². The molecular weight excluding hydrogens is 258 g/mol. The van der Waals surface area contributed by atoms with Gasteiger partial charge >= 0.3 is 0 Å². The van der Waals surface area contributed by atoms with Crippen LogP contribution in [0.25, 0.3) is 0 Å². The minimum absolute atomic E-state index is 0.216. The van der Waals surface area contributed by atoms with E-state index in [1.165, 1.54) is 5.56 Å². The highest BCUT2D eigenvalue weighted by Crippen LogP contribution is 2.46. The number of nitrogens with one attached hydrogen (secondary N) is 1. The summed E-state index contributed by atoms with van der Waals surface area (Å²) in [6, 6.07) is 8.30. The Morgan fingerprint density at radius 2 is 2.05 bits per heavy atom. The van der Waals surface area contributed by atoms with Crippen molar-refractivity contribution in [1.29, 1.82) is 0 Å². The predicted octanol–water partition coefficient (Wildman–Crippen LogP) is 3.71. The van der Waals surface area contributed by atoms with Gasteiger partial charge in [-0.15, -0.1) is 0 Å². The molecule has 2 nitrogen and oxygen atoms in total. The summed E-state index contributed by atoms with van der Waals surface area (Å²) in [7, 11) is 1.81. The van der Waals surface area contributed by atoms with Gasteiger partial charge in [-0.3, -0.25) is 0 Å². The van der Waals surface area contributed by atoms with Crippen molar-refractivity contribution in [2.75, 3.05) is 26.8 Å². The summed E-state index contributed by atoms with van der Waals surface area (Å²) >= 11 is 6.01. The lowest BCUT2D eigenvalue weighted by molar-refractivity contribution is -0.00000183. The molecule has 1 aliphatic rings. The second kappa shape index (κ2) is 6.25. The maximum Gasteiger partial charge on any atom is 0.0527 e. The van der Waals surface area contributed by atoms with Crippen molar-refractivity contribution in [1.82, 2.24) is 5.32 Å². The summed E-state index contributed by atoms with van der Waals surface area (Å²) in [6.45, 7) is 7.54. The third-order valence-electron chi connectivity index (χ3n) is 4.64. The molecule has 1 fully saturated rings. The molecule has 0 aliphatic carbocycles. The number of rotatable bonds is 4. The Morgan fingerprint density at radius 1 is 1.37 bits per heavy atom. The molecule has 1 aromatic carbocycles. The van der Waals surface area contributed by atoms with Gasteiger partial charge < -0.3 is 10.1 Å². The molecule has 2 rings (SSSR count). The molecular formula is C16H24ClNO. The Morgan fingerprint density at radius 3 is 2.63 bits per heavy atom. The Hall–Kier alpha value is -0.570. The van der Waals surface area contributed by atoms with Gasteiger partial charge in [0, 0.05) is 30.0 Å². The molecule has 0 bridgehead atoms. The predicted molar refractivity (Wildman–Crippen MR) is 80.8 cm³/mol. The van der Waals surface area contributed by atoms with E-state index in [0.29, 0.717) is 11.8 Å². The summed E-state index contributed by atoms with van der Waals surface area (Å²) in [5.41, 5.74) is 1.58. The third kappa shape index (κ3) is 2.96. The summed E-state index contributed by atoms with van der Waals surface area (Å²) in [5, 5.41) is 4.33. The van der Waals surface area contributed by atoms with Gasteiger partial charge in [0.2, 0.25) is 0 Å². The zero-order valence-corrected chi connectivity index (χ0v) is 12.8. The molecule has 2 atom stereocenters. The minimum Gasteiger partial charge on any atom is -0.384 e. The highest BCUT2D eigenvalue weighted by molar-refractivity contribution is 6.30. The van der Waals surface area contributed by atoms with E-state index in [1.807, 2.05) is 19.2 Å². The second-order valence-electron chi connectivity index (χ2n) is 5.88. The lowest BCUT2D eigenvalue weighted by atomic mass is 9.62. The van der Waals surface area contributed by atoms with Crippen molar-refractivity contribution in [3.63, 3.8) is 0 Å². The molecule has 0 spiro atoms. The summed E-state index contributed by atoms with van der Waals surface area (Å²) < 4.78 is 5.57. The Bertz CT molecular complexity index is 400. The van der Waals surface area contributed by atoms with Crippen LogP contribution < -0.4 is 5.32 Å². The number of methoxy groups -OCH3 is 1. The number of halogens is 1. The zero-order chi connectivity index (χ0) is 13.9. The molecule has 0 amide bonds. The number of benzene rings is 1. The number of ether oxygens (including phenoxy) is 1. The van der Waals surface area contributed by atoms with Crippen LogP contribution in [0, 0.1) is 11.3 Å². The Labute approximate surface area is 121 Å². The van der Waals surface area contributed by atoms with Gasteiger partial charge in [0.15, 0.2) is 0 Å². The Kier molecular flexibility index (Phi) is 4.88. The smallest absolute Gasteiger partial charge is 0.0527 e. The molecule has 0 saturated carbocycles. The van der Waals surface area contributed by atoms with E-state index in [1.54, 1.807) is 0 Å². The lowest BCUT2D eigenvalue weighted by Gasteiger charge is -2.47. The van der Waals surface area contributed by atoms with Gasteiger partial charge in [-0.05, 0) is 36.6 Å². The molecule has 2 unspecified atom stereocenters. The standard InChI is InChI=1S/C16H24ClNO/c1-12(2)16(11-19-3)8-9-18-10-15(16)13-4-6-14(17)7-5-13/h4-7,12,15,18H,8-11H2,1-3H3. The van der Waals surface area contributed by atoms with Crippen LogP contribution in [0.1, 0.15) is 31.7 Å². The van der Waals surface area contributed by atoms with Crippen LogP contribution in [0.2, 0.25) is 5.02 Å². The van der Waals surface area contributed by atoms with Gasteiger partial charge in [-0.2, -0.15) is 0 Å². The van der Waals surface area contributed by atoms with Crippen LogP contribution in [-0.2, 0) is 4.74 Å². The number of piperidine rings is 1. The largest absolute Gasteiger partial charge is 0.384 e. The van der Waals surface area contributed by atoms with E-state index in [0.717, 1.165) is 31.1 Å². The molecule has 1 N–H and O–H groups in total. The fourth-order valence-corrected chi connectivity index (χ4v) is 3.52. The number of hydrogen-bond acceptors (Lipinski definition) is 2. The van der Waals surface area contributed by atoms with E-state index < -0.39 is 0 Å². The van der Waals surface area contributed by atoms with Crippen molar-refractivity contribution >= 4 is 11.6 Å². The molecule has 1 aliphatic heterocycles. The molecule has 1 heterocycles. The summed E-state index contributed by atoms with van der Waals surface area (Å²) in [5.74, 6) is 1.08. The normalized spacial score (nSPS) is 27.7. The molecule has 1 saturated heterocycles. The maximum absolute atomic E-state index is 6.01. The molecule has 3 heteroatoms. The topological polar surface area (TPSA) is 21.3 Å². The summed E-state index contributed by atoms with van der Waals surface area (Å²) in [6.07, 6.45) is 1.16. The highest BCUT2D eigenvalue weighted by Gasteiger charge is 2.43. The van der Waals surface area contributed by atoms with Gasteiger partial charge in [0.05, 0.1) is 6.61 Å². The van der Waals surface area contributed by atoms with Gasteiger partial charge in [-0.25, -0.2) is 0 Å². The molecule has 1 aromatic rings. The second-order valence-corrected chi connectivity index (χ2v) is 6.32. The molecule has 0 radical (unpaired) electrons. The van der Waals surface area contributed by atoms with Crippen molar-refractivity contribution in [3.05, 3.63) is 34.9 Å². The van der Waals surface area contributed by atoms with E-state index in [2.05, 4.69) is 31.3 Å². The first kappa shape index (κ1) is 14.8. The van der Waals surface area contributed by atoms with Crippen LogP contribution in [-0.4, -0.2) is 26.8 Å². The van der Waals surface area contributed by atoms with Crippen LogP contribution in [0.3, 0.4) is 0 Å². The summed E-state index contributed by atoms with van der Waals surface area (Å²) in [4.78, 5) is 0.